The molecule has 0 aliphatic rings. The van der Waals surface area contributed by atoms with Crippen LogP contribution in [0.15, 0.2) is 30.3 Å². The van der Waals surface area contributed by atoms with Crippen molar-refractivity contribution in [2.75, 3.05) is 13.2 Å². The van der Waals surface area contributed by atoms with Crippen LogP contribution in [0.2, 0.25) is 0 Å². The maximum Gasteiger partial charge on any atom is 0.239 e. The molecule has 108 valence electrons. The molecule has 0 saturated heterocycles. The van der Waals surface area contributed by atoms with Gasteiger partial charge in [-0.15, -0.1) is 0 Å². The van der Waals surface area contributed by atoms with Gasteiger partial charge < -0.3 is 10.1 Å². The first kappa shape index (κ1) is 16.2. The second kappa shape index (κ2) is 7.66. The number of carbonyl (C=O) groups is 1. The van der Waals surface area contributed by atoms with E-state index < -0.39 is 5.41 Å². The molecule has 0 aliphatic heterocycles. The molecule has 1 rings (SSSR count). The zero-order valence-corrected chi connectivity index (χ0v) is 12.3. The molecule has 0 bridgehead atoms. The van der Waals surface area contributed by atoms with Crippen LogP contribution >= 0.6 is 0 Å². The summed E-state index contributed by atoms with van der Waals surface area (Å²) in [6, 6.07) is 12.0. The highest BCUT2D eigenvalue weighted by molar-refractivity contribution is 5.84. The largest absolute Gasteiger partial charge is 0.374 e. The Balaban J connectivity index is 2.20. The fourth-order valence-corrected chi connectivity index (χ4v) is 1.63. The summed E-state index contributed by atoms with van der Waals surface area (Å²) in [6.07, 6.45) is 0.771. The van der Waals surface area contributed by atoms with Gasteiger partial charge in [-0.3, -0.25) is 4.79 Å². The third-order valence-electron chi connectivity index (χ3n) is 3.09. The van der Waals surface area contributed by atoms with Crippen molar-refractivity contribution in [3.05, 3.63) is 35.9 Å². The monoisotopic (exact) mass is 274 g/mol. The molecule has 0 radical (unpaired) electrons. The van der Waals surface area contributed by atoms with E-state index in [1.165, 1.54) is 0 Å². The van der Waals surface area contributed by atoms with E-state index in [9.17, 15) is 4.79 Å². The quantitative estimate of drug-likeness (QED) is 0.778. The Labute approximate surface area is 120 Å². The van der Waals surface area contributed by atoms with Crippen LogP contribution in [0.1, 0.15) is 38.9 Å². The number of carbonyl (C=O) groups excluding carboxylic acids is 1. The maximum absolute atomic E-state index is 11.6. The van der Waals surface area contributed by atoms with Crippen molar-refractivity contribution in [2.24, 2.45) is 5.41 Å². The van der Waals surface area contributed by atoms with Crippen molar-refractivity contribution in [1.82, 2.24) is 5.32 Å². The van der Waals surface area contributed by atoms with Gasteiger partial charge >= 0.3 is 0 Å². The number of nitrogens with one attached hydrogen (secondary N) is 1. The zero-order chi connectivity index (χ0) is 15.0. The summed E-state index contributed by atoms with van der Waals surface area (Å²) < 4.78 is 5.71. The molecule has 0 unspecified atom stereocenters. The van der Waals surface area contributed by atoms with Crippen LogP contribution in [-0.2, 0) is 9.53 Å². The summed E-state index contributed by atoms with van der Waals surface area (Å²) in [7, 11) is 0. The number of rotatable bonds is 7. The van der Waals surface area contributed by atoms with E-state index in [1.807, 2.05) is 43.3 Å². The first-order valence-electron chi connectivity index (χ1n) is 6.83. The smallest absolute Gasteiger partial charge is 0.239 e. The second-order valence-corrected chi connectivity index (χ2v) is 5.27. The first-order valence-corrected chi connectivity index (χ1v) is 6.83. The van der Waals surface area contributed by atoms with Gasteiger partial charge in [-0.2, -0.15) is 5.26 Å². The fraction of sp³-hybridized carbons (Fsp3) is 0.500. The van der Waals surface area contributed by atoms with E-state index in [0.29, 0.717) is 13.2 Å². The van der Waals surface area contributed by atoms with E-state index in [-0.39, 0.29) is 12.0 Å². The number of benzene rings is 1. The molecule has 0 fully saturated rings. The summed E-state index contributed by atoms with van der Waals surface area (Å²) in [5.41, 5.74) is 0.167. The lowest BCUT2D eigenvalue weighted by Gasteiger charge is -2.16. The Morgan fingerprint density at radius 3 is 2.65 bits per heavy atom. The molecular formula is C16H22N2O2. The molecular weight excluding hydrogens is 252 g/mol. The molecule has 1 N–H and O–H groups in total. The lowest BCUT2D eigenvalue weighted by atomic mass is 9.95. The minimum atomic E-state index is -0.974. The predicted molar refractivity (Wildman–Crippen MR) is 77.8 cm³/mol. The van der Waals surface area contributed by atoms with Crippen molar-refractivity contribution in [1.29, 1.82) is 5.26 Å². The molecule has 1 aromatic carbocycles. The van der Waals surface area contributed by atoms with Crippen molar-refractivity contribution >= 4 is 5.91 Å². The van der Waals surface area contributed by atoms with Gasteiger partial charge in [0.15, 0.2) is 0 Å². The van der Waals surface area contributed by atoms with Crippen LogP contribution in [0.3, 0.4) is 0 Å². The van der Waals surface area contributed by atoms with E-state index in [2.05, 4.69) is 5.32 Å². The van der Waals surface area contributed by atoms with Gasteiger partial charge in [0.1, 0.15) is 5.41 Å². The number of amides is 1. The van der Waals surface area contributed by atoms with Gasteiger partial charge in [0, 0.05) is 13.2 Å². The van der Waals surface area contributed by atoms with Gasteiger partial charge in [-0.1, -0.05) is 30.3 Å². The van der Waals surface area contributed by atoms with E-state index in [4.69, 9.17) is 10.00 Å². The van der Waals surface area contributed by atoms with Crippen LogP contribution in [-0.4, -0.2) is 19.1 Å². The van der Waals surface area contributed by atoms with Crippen LogP contribution in [0.5, 0.6) is 0 Å². The van der Waals surface area contributed by atoms with Crippen LogP contribution in [0.25, 0.3) is 0 Å². The SMILES string of the molecule is C[C@H](OCCCNC(=O)C(C)(C)C#N)c1ccccc1. The third-order valence-corrected chi connectivity index (χ3v) is 3.09. The Kier molecular flexibility index (Phi) is 6.20. The summed E-state index contributed by atoms with van der Waals surface area (Å²) in [5, 5.41) is 11.6. The van der Waals surface area contributed by atoms with Crippen LogP contribution in [0.4, 0.5) is 0 Å². The summed E-state index contributed by atoms with van der Waals surface area (Å²) in [4.78, 5) is 11.6. The zero-order valence-electron chi connectivity index (χ0n) is 12.3. The highest BCUT2D eigenvalue weighted by Gasteiger charge is 2.26. The molecule has 0 heterocycles. The second-order valence-electron chi connectivity index (χ2n) is 5.27. The highest BCUT2D eigenvalue weighted by atomic mass is 16.5. The van der Waals surface area contributed by atoms with Crippen LogP contribution in [0, 0.1) is 16.7 Å². The molecule has 1 atom stereocenters. The third kappa shape index (κ3) is 5.02. The Hall–Kier alpha value is -1.86. The predicted octanol–water partition coefficient (Wildman–Crippen LogP) is 2.82. The first-order chi connectivity index (χ1) is 9.47. The standard InChI is InChI=1S/C16H22N2O2/c1-13(14-8-5-4-6-9-14)20-11-7-10-18-15(19)16(2,3)12-17/h4-6,8-9,13H,7,10-11H2,1-3H3,(H,18,19)/t13-/m0/s1. The van der Waals surface area contributed by atoms with E-state index in [0.717, 1.165) is 12.0 Å². The van der Waals surface area contributed by atoms with Gasteiger partial charge in [0.05, 0.1) is 12.2 Å². The average molecular weight is 274 g/mol. The van der Waals surface area contributed by atoms with Gasteiger partial charge in [-0.05, 0) is 32.8 Å². The average Bonchev–Trinajstić information content (AvgIpc) is 2.47. The molecule has 20 heavy (non-hydrogen) atoms. The molecule has 0 saturated carbocycles. The topological polar surface area (TPSA) is 62.1 Å². The van der Waals surface area contributed by atoms with Gasteiger partial charge in [0.25, 0.3) is 0 Å². The van der Waals surface area contributed by atoms with Crippen molar-refractivity contribution < 1.29 is 9.53 Å². The molecule has 1 aromatic rings. The lowest BCUT2D eigenvalue weighted by Crippen LogP contribution is -2.36. The highest BCUT2D eigenvalue weighted by Crippen LogP contribution is 2.16. The molecule has 4 nitrogen and oxygen atoms in total. The molecule has 0 aliphatic carbocycles. The summed E-state index contributed by atoms with van der Waals surface area (Å²) >= 11 is 0. The van der Waals surface area contributed by atoms with E-state index >= 15 is 0 Å². The number of hydrogen-bond acceptors (Lipinski definition) is 3. The Morgan fingerprint density at radius 1 is 1.40 bits per heavy atom. The maximum atomic E-state index is 11.6. The lowest BCUT2D eigenvalue weighted by molar-refractivity contribution is -0.126. The van der Waals surface area contributed by atoms with Crippen LogP contribution < -0.4 is 5.32 Å². The molecule has 1 amide bonds. The number of ether oxygens (including phenoxy) is 1. The van der Waals surface area contributed by atoms with Crippen molar-refractivity contribution in [3.8, 4) is 6.07 Å². The van der Waals surface area contributed by atoms with Crippen molar-refractivity contribution in [3.63, 3.8) is 0 Å². The summed E-state index contributed by atoms with van der Waals surface area (Å²) in [5.74, 6) is -0.240. The minimum absolute atomic E-state index is 0.0439. The number of nitriles is 1. The Morgan fingerprint density at radius 2 is 2.05 bits per heavy atom. The van der Waals surface area contributed by atoms with E-state index in [1.54, 1.807) is 13.8 Å². The minimum Gasteiger partial charge on any atom is -0.374 e. The van der Waals surface area contributed by atoms with Gasteiger partial charge in [-0.25, -0.2) is 0 Å². The number of hydrogen-bond donors (Lipinski definition) is 1. The summed E-state index contributed by atoms with van der Waals surface area (Å²) in [6.45, 7) is 6.31. The molecule has 0 spiro atoms. The normalized spacial score (nSPS) is 12.5. The molecule has 4 heteroatoms. The van der Waals surface area contributed by atoms with Gasteiger partial charge in [0.2, 0.25) is 5.91 Å². The fourth-order valence-electron chi connectivity index (χ4n) is 1.63. The van der Waals surface area contributed by atoms with Crippen molar-refractivity contribution in [2.45, 2.75) is 33.3 Å². The Bertz CT molecular complexity index is 463. The number of nitrogens with zero attached hydrogens (tertiary/aromatic N) is 1. The molecule has 0 aromatic heterocycles.